The molecule has 1 heteroatoms. The van der Waals surface area contributed by atoms with E-state index in [1.54, 1.807) is 0 Å². The third kappa shape index (κ3) is 3.01. The van der Waals surface area contributed by atoms with Gasteiger partial charge in [0, 0.05) is 0 Å². The summed E-state index contributed by atoms with van der Waals surface area (Å²) in [4.78, 5) is 0. The van der Waals surface area contributed by atoms with Crippen molar-refractivity contribution in [3.8, 4) is 0 Å². The van der Waals surface area contributed by atoms with E-state index in [-0.39, 0.29) is 6.10 Å². The van der Waals surface area contributed by atoms with Crippen LogP contribution in [0.2, 0.25) is 0 Å². The fourth-order valence-electron chi connectivity index (χ4n) is 8.09. The molecular weight excluding hydrogens is 316 g/mol. The molecule has 0 spiro atoms. The minimum Gasteiger partial charge on any atom is -0.393 e. The highest BCUT2D eigenvalue weighted by Gasteiger charge is 2.58. The Kier molecular flexibility index (Phi) is 5.32. The molecule has 0 radical (unpaired) electrons. The molecule has 26 heavy (non-hydrogen) atoms. The van der Waals surface area contributed by atoms with Crippen LogP contribution in [0.3, 0.4) is 0 Å². The molecular formula is C25H42O. The normalized spacial score (nSPS) is 49.5. The molecule has 0 aromatic heterocycles. The quantitative estimate of drug-likeness (QED) is 0.428. The second-order valence-corrected chi connectivity index (χ2v) is 10.8. The maximum absolute atomic E-state index is 10.2. The van der Waals surface area contributed by atoms with Crippen LogP contribution in [0, 0.1) is 34.5 Å². The highest BCUT2D eigenvalue weighted by Crippen LogP contribution is 2.67. The number of rotatable bonds is 4. The molecule has 0 amide bonds. The SMILES string of the molecule is CCCCC/C=C1/CC[C@H]2[C@@H]3CC[C@H]4C[C@@H](O)CC[C@]4(C)[C@H]3CC[C@]12C. The fraction of sp³-hybridized carbons (Fsp3) is 0.920. The number of aliphatic hydroxyl groups excluding tert-OH is 1. The maximum Gasteiger partial charge on any atom is 0.0543 e. The van der Waals surface area contributed by atoms with Gasteiger partial charge >= 0.3 is 0 Å². The van der Waals surface area contributed by atoms with Crippen LogP contribution in [-0.4, -0.2) is 11.2 Å². The van der Waals surface area contributed by atoms with Crippen molar-refractivity contribution in [3.63, 3.8) is 0 Å². The molecule has 4 fully saturated rings. The van der Waals surface area contributed by atoms with Gasteiger partial charge in [-0.05, 0) is 105 Å². The number of aliphatic hydroxyl groups is 1. The van der Waals surface area contributed by atoms with Gasteiger partial charge in [-0.2, -0.15) is 0 Å². The van der Waals surface area contributed by atoms with Crippen LogP contribution >= 0.6 is 0 Å². The second-order valence-electron chi connectivity index (χ2n) is 10.8. The Bertz CT molecular complexity index is 536. The summed E-state index contributed by atoms with van der Waals surface area (Å²) in [5.74, 6) is 3.64. The summed E-state index contributed by atoms with van der Waals surface area (Å²) in [6.07, 6.45) is 20.1. The zero-order valence-electron chi connectivity index (χ0n) is 17.6. The summed E-state index contributed by atoms with van der Waals surface area (Å²) < 4.78 is 0. The molecule has 0 heterocycles. The molecule has 0 aliphatic heterocycles. The van der Waals surface area contributed by atoms with Gasteiger partial charge in [0.2, 0.25) is 0 Å². The first-order valence-electron chi connectivity index (χ1n) is 11.9. The van der Waals surface area contributed by atoms with E-state index in [0.29, 0.717) is 10.8 Å². The number of hydrogen-bond acceptors (Lipinski definition) is 1. The van der Waals surface area contributed by atoms with Gasteiger partial charge in [-0.3, -0.25) is 0 Å². The van der Waals surface area contributed by atoms with Crippen molar-refractivity contribution in [1.29, 1.82) is 0 Å². The van der Waals surface area contributed by atoms with Crippen molar-refractivity contribution >= 4 is 0 Å². The van der Waals surface area contributed by atoms with Gasteiger partial charge in [-0.1, -0.05) is 45.3 Å². The lowest BCUT2D eigenvalue weighted by Crippen LogP contribution is -2.53. The molecule has 4 saturated carbocycles. The molecule has 0 aromatic rings. The summed E-state index contributed by atoms with van der Waals surface area (Å²) >= 11 is 0. The van der Waals surface area contributed by atoms with Crippen LogP contribution in [0.4, 0.5) is 0 Å². The first kappa shape index (κ1) is 19.0. The molecule has 0 bridgehead atoms. The fourth-order valence-corrected chi connectivity index (χ4v) is 8.09. The van der Waals surface area contributed by atoms with Crippen molar-refractivity contribution in [2.24, 2.45) is 34.5 Å². The smallest absolute Gasteiger partial charge is 0.0543 e. The molecule has 4 aliphatic rings. The van der Waals surface area contributed by atoms with Crippen molar-refractivity contribution in [2.75, 3.05) is 0 Å². The largest absolute Gasteiger partial charge is 0.393 e. The van der Waals surface area contributed by atoms with Gasteiger partial charge in [-0.15, -0.1) is 0 Å². The van der Waals surface area contributed by atoms with Crippen LogP contribution in [-0.2, 0) is 0 Å². The zero-order valence-corrected chi connectivity index (χ0v) is 17.6. The maximum atomic E-state index is 10.2. The summed E-state index contributed by atoms with van der Waals surface area (Å²) in [6.45, 7) is 7.55. The van der Waals surface area contributed by atoms with E-state index in [0.717, 1.165) is 36.5 Å². The van der Waals surface area contributed by atoms with E-state index < -0.39 is 0 Å². The Hall–Kier alpha value is -0.300. The van der Waals surface area contributed by atoms with Gasteiger partial charge in [0.25, 0.3) is 0 Å². The summed E-state index contributed by atoms with van der Waals surface area (Å²) in [6, 6.07) is 0. The minimum absolute atomic E-state index is 0.0115. The Morgan fingerprint density at radius 3 is 2.65 bits per heavy atom. The molecule has 148 valence electrons. The molecule has 4 rings (SSSR count). The van der Waals surface area contributed by atoms with Crippen LogP contribution < -0.4 is 0 Å². The molecule has 7 atom stereocenters. The van der Waals surface area contributed by atoms with E-state index in [1.807, 2.05) is 5.57 Å². The molecule has 1 nitrogen and oxygen atoms in total. The number of unbranched alkanes of at least 4 members (excludes halogenated alkanes) is 3. The van der Waals surface area contributed by atoms with Gasteiger partial charge in [0.05, 0.1) is 6.10 Å². The topological polar surface area (TPSA) is 20.2 Å². The van der Waals surface area contributed by atoms with Gasteiger partial charge in [0.1, 0.15) is 0 Å². The van der Waals surface area contributed by atoms with Crippen LogP contribution in [0.15, 0.2) is 11.6 Å². The third-order valence-electron chi connectivity index (χ3n) is 9.68. The average Bonchev–Trinajstić information content (AvgIpc) is 2.96. The first-order valence-corrected chi connectivity index (χ1v) is 11.9. The molecule has 4 aliphatic carbocycles. The first-order chi connectivity index (χ1) is 12.5. The van der Waals surface area contributed by atoms with Gasteiger partial charge in [0.15, 0.2) is 0 Å². The Morgan fingerprint density at radius 1 is 1.00 bits per heavy atom. The molecule has 1 N–H and O–H groups in total. The Labute approximate surface area is 162 Å². The molecule has 0 unspecified atom stereocenters. The Morgan fingerprint density at radius 2 is 1.85 bits per heavy atom. The predicted octanol–water partition coefficient (Wildman–Crippen LogP) is 6.90. The second kappa shape index (κ2) is 7.26. The third-order valence-corrected chi connectivity index (χ3v) is 9.68. The van der Waals surface area contributed by atoms with Crippen molar-refractivity contribution in [1.82, 2.24) is 0 Å². The highest BCUT2D eigenvalue weighted by molar-refractivity contribution is 5.24. The molecule has 0 aromatic carbocycles. The lowest BCUT2D eigenvalue weighted by Gasteiger charge is -2.60. The van der Waals surface area contributed by atoms with E-state index in [1.165, 1.54) is 70.6 Å². The monoisotopic (exact) mass is 358 g/mol. The van der Waals surface area contributed by atoms with Crippen LogP contribution in [0.25, 0.3) is 0 Å². The minimum atomic E-state index is -0.0115. The Balaban J connectivity index is 1.51. The van der Waals surface area contributed by atoms with E-state index >= 15 is 0 Å². The average molecular weight is 359 g/mol. The molecule has 0 saturated heterocycles. The summed E-state index contributed by atoms with van der Waals surface area (Å²) in [5, 5.41) is 10.2. The van der Waals surface area contributed by atoms with Crippen molar-refractivity contribution in [2.45, 2.75) is 110 Å². The van der Waals surface area contributed by atoms with E-state index in [2.05, 4.69) is 26.8 Å². The lowest BCUT2D eigenvalue weighted by molar-refractivity contribution is -0.116. The summed E-state index contributed by atoms with van der Waals surface area (Å²) in [5.41, 5.74) is 2.88. The van der Waals surface area contributed by atoms with E-state index in [9.17, 15) is 5.11 Å². The van der Waals surface area contributed by atoms with Crippen LogP contribution in [0.5, 0.6) is 0 Å². The lowest BCUT2D eigenvalue weighted by atomic mass is 9.45. The highest BCUT2D eigenvalue weighted by atomic mass is 16.3. The van der Waals surface area contributed by atoms with Gasteiger partial charge in [-0.25, -0.2) is 0 Å². The number of hydrogen-bond donors (Lipinski definition) is 1. The standard InChI is InChI=1S/C25H42O/c1-4-5-6-7-8-18-10-12-22-21-11-9-19-17-20(26)13-15-25(19,3)23(21)14-16-24(18,22)2/h8,19-23,26H,4-7,9-17H2,1-3H3/b18-8-/t19-,20-,21-,22-,23-,24+,25-/m0/s1. The van der Waals surface area contributed by atoms with Crippen molar-refractivity contribution in [3.05, 3.63) is 11.6 Å². The van der Waals surface area contributed by atoms with E-state index in [4.69, 9.17) is 0 Å². The summed E-state index contributed by atoms with van der Waals surface area (Å²) in [7, 11) is 0. The predicted molar refractivity (Wildman–Crippen MR) is 110 cm³/mol. The number of allylic oxidation sites excluding steroid dienone is 2. The van der Waals surface area contributed by atoms with Crippen LogP contribution in [0.1, 0.15) is 104 Å². The number of fused-ring (bicyclic) bond motifs is 5. The zero-order chi connectivity index (χ0) is 18.4. The van der Waals surface area contributed by atoms with Gasteiger partial charge < -0.3 is 5.11 Å². The van der Waals surface area contributed by atoms with Crippen molar-refractivity contribution < 1.29 is 5.11 Å².